The van der Waals surface area contributed by atoms with Gasteiger partial charge in [0.05, 0.1) is 19.1 Å². The Balaban J connectivity index is 1.38. The summed E-state index contributed by atoms with van der Waals surface area (Å²) < 4.78 is 70.5. The topological polar surface area (TPSA) is 344 Å². The van der Waals surface area contributed by atoms with Crippen molar-refractivity contribution in [1.82, 2.24) is 29.7 Å². The van der Waals surface area contributed by atoms with E-state index < -0.39 is 66.8 Å². The summed E-state index contributed by atoms with van der Waals surface area (Å²) in [4.78, 5) is 71.2. The highest BCUT2D eigenvalue weighted by atomic mass is 32.1. The Morgan fingerprint density at radius 1 is 1.16 bits per heavy atom. The zero-order valence-corrected chi connectivity index (χ0v) is 24.6. The number of nitrogens with two attached hydrogens (primary N) is 1. The molecule has 7 atom stereocenters. The van der Waals surface area contributed by atoms with Crippen LogP contribution in [0.2, 0.25) is 0 Å². The third-order valence-electron chi connectivity index (χ3n) is 5.65. The van der Waals surface area contributed by atoms with E-state index in [1.54, 1.807) is 0 Å². The number of phosphoric ester groups is 1. The first-order chi connectivity index (χ1) is 20.6. The molecule has 7 unspecified atom stereocenters. The van der Waals surface area contributed by atoms with Crippen molar-refractivity contribution < 1.29 is 75.0 Å². The molecule has 0 aliphatic carbocycles. The molecule has 240 valence electrons. The molecule has 2 saturated heterocycles. The first-order valence-electron chi connectivity index (χ1n) is 11.5. The molecule has 0 saturated carbocycles. The molecule has 0 spiro atoms. The summed E-state index contributed by atoms with van der Waals surface area (Å²) in [6.07, 6.45) is -4.34. The molecule has 24 nitrogen and oxygen atoms in total. The molecule has 3 aromatic heterocycles. The van der Waals surface area contributed by atoms with Gasteiger partial charge in [-0.1, -0.05) is 12.2 Å². The van der Waals surface area contributed by atoms with Gasteiger partial charge < -0.3 is 54.6 Å². The average Bonchev–Trinajstić information content (AvgIpc) is 3.65. The Morgan fingerprint density at radius 3 is 2.59 bits per heavy atom. The molecule has 2 aliphatic heterocycles. The molecule has 28 heteroatoms. The number of H-pyrrole nitrogens is 2. The van der Waals surface area contributed by atoms with Crippen LogP contribution in [0.4, 0.5) is 11.8 Å². The Bertz CT molecular complexity index is 1790. The van der Waals surface area contributed by atoms with Gasteiger partial charge in [-0.3, -0.25) is 23.8 Å². The molecular weight excluding hydrogens is 685 g/mol. The number of nitrogens with zero attached hydrogens (tertiary/aromatic N) is 4. The molecular formula is C16H19N8O16P3S. The summed E-state index contributed by atoms with van der Waals surface area (Å²) in [7, 11) is -17.0. The number of nitrogen functional groups attached to an aromatic ring is 1. The number of hydrogen-bond donors (Lipinski definition) is 8. The minimum Gasteiger partial charge on any atom is -0.423 e. The van der Waals surface area contributed by atoms with Gasteiger partial charge in [-0.05, 0) is 0 Å². The number of carbonyl (C=O) groups is 2. The predicted molar refractivity (Wildman–Crippen MR) is 138 cm³/mol. The number of rotatable bonds is 12. The SMILES string of the molecule is Nc1nc(=S)c2ncn(C3OC(COP(=O)(O)OP(=O)(O)OP(=O)(O)O)C4OC(C(=O)Nc5[nH]ncc5OC=O)OC43)c2[nH]1. The number of nitrogens with one attached hydrogen (secondary N) is 3. The van der Waals surface area contributed by atoms with Crippen LogP contribution in [0, 0.1) is 4.64 Å². The van der Waals surface area contributed by atoms with E-state index in [1.165, 1.54) is 10.9 Å². The summed E-state index contributed by atoms with van der Waals surface area (Å²) in [6.45, 7) is -0.843. The molecule has 9 N–H and O–H groups in total. The lowest BCUT2D eigenvalue weighted by Crippen LogP contribution is -2.34. The highest BCUT2D eigenvalue weighted by Gasteiger charge is 2.56. The summed E-state index contributed by atoms with van der Waals surface area (Å²) in [6, 6.07) is 0. The lowest BCUT2D eigenvalue weighted by atomic mass is 10.1. The van der Waals surface area contributed by atoms with Crippen molar-refractivity contribution in [2.24, 2.45) is 0 Å². The number of anilines is 2. The van der Waals surface area contributed by atoms with Crippen molar-refractivity contribution in [3.63, 3.8) is 0 Å². The lowest BCUT2D eigenvalue weighted by molar-refractivity contribution is -0.166. The van der Waals surface area contributed by atoms with E-state index in [-0.39, 0.29) is 39.8 Å². The van der Waals surface area contributed by atoms with E-state index >= 15 is 0 Å². The van der Waals surface area contributed by atoms with Crippen molar-refractivity contribution in [2.75, 3.05) is 17.7 Å². The number of aromatic nitrogens is 6. The summed E-state index contributed by atoms with van der Waals surface area (Å²) in [5.41, 5.74) is 6.16. The number of imidazole rings is 1. The van der Waals surface area contributed by atoms with Crippen LogP contribution in [0.1, 0.15) is 6.23 Å². The molecule has 0 aromatic carbocycles. The lowest BCUT2D eigenvalue weighted by Gasteiger charge is -2.22. The fourth-order valence-electron chi connectivity index (χ4n) is 4.12. The van der Waals surface area contributed by atoms with Crippen LogP contribution < -0.4 is 15.8 Å². The molecule has 1 amide bonds. The van der Waals surface area contributed by atoms with E-state index in [0.29, 0.717) is 0 Å². The third-order valence-corrected chi connectivity index (χ3v) is 9.73. The number of carbonyl (C=O) groups excluding carboxylic acids is 2. The van der Waals surface area contributed by atoms with Crippen LogP contribution in [-0.4, -0.2) is 92.9 Å². The van der Waals surface area contributed by atoms with Crippen LogP contribution in [0.15, 0.2) is 12.5 Å². The molecule has 0 bridgehead atoms. The number of aromatic amines is 2. The molecule has 2 fully saturated rings. The van der Waals surface area contributed by atoms with Crippen LogP contribution in [0.3, 0.4) is 0 Å². The minimum atomic E-state index is -5.80. The zero-order chi connectivity index (χ0) is 32.0. The molecule has 0 radical (unpaired) electrons. The van der Waals surface area contributed by atoms with Crippen molar-refractivity contribution >= 4 is 71.0 Å². The van der Waals surface area contributed by atoms with Crippen LogP contribution >= 0.6 is 35.7 Å². The Morgan fingerprint density at radius 2 is 1.89 bits per heavy atom. The summed E-state index contributed by atoms with van der Waals surface area (Å²) >= 11 is 5.17. The van der Waals surface area contributed by atoms with Crippen molar-refractivity contribution in [1.29, 1.82) is 0 Å². The standard InChI is InChI=1S/C16H19N8O16P3S/c17-16-21-11-7(13(44)22-16)18-3-24(11)14-9-8(37-15(38-9)12(26)20-10-5(34-4-25)1-19-23-10)6(36-14)2-35-42(30,31)40-43(32,33)39-41(27,28)29/h1,3-4,6,8-9,14-15H,2H2,(H,30,31)(H,32,33)(H2,27,28,29)(H3,17,21,22,44)(H2,19,20,23,26). The molecule has 3 aromatic rings. The second-order valence-corrected chi connectivity index (χ2v) is 13.4. The predicted octanol–water partition coefficient (Wildman–Crippen LogP) is -0.681. The number of hydrogen-bond acceptors (Lipinski definition) is 17. The Kier molecular flexibility index (Phi) is 8.89. The monoisotopic (exact) mass is 704 g/mol. The van der Waals surface area contributed by atoms with Gasteiger partial charge in [0.1, 0.15) is 29.5 Å². The maximum Gasteiger partial charge on any atom is 0.490 e. The first-order valence-corrected chi connectivity index (χ1v) is 16.4. The van der Waals surface area contributed by atoms with E-state index in [9.17, 15) is 33.1 Å². The normalized spacial score (nSPS) is 26.1. The van der Waals surface area contributed by atoms with Gasteiger partial charge in [-0.25, -0.2) is 23.7 Å². The highest BCUT2D eigenvalue weighted by molar-refractivity contribution is 7.71. The Hall–Kier alpha value is -2.99. The fourth-order valence-corrected chi connectivity index (χ4v) is 7.40. The largest absolute Gasteiger partial charge is 0.490 e. The summed E-state index contributed by atoms with van der Waals surface area (Å²) in [5.74, 6) is -1.27. The van der Waals surface area contributed by atoms with Gasteiger partial charge in [0, 0.05) is 0 Å². The van der Waals surface area contributed by atoms with Crippen LogP contribution in [0.5, 0.6) is 5.75 Å². The Labute approximate surface area is 247 Å². The first kappa shape index (κ1) is 32.4. The quantitative estimate of drug-likeness (QED) is 0.0657. The van der Waals surface area contributed by atoms with Gasteiger partial charge in [-0.15, -0.1) is 0 Å². The van der Waals surface area contributed by atoms with Crippen molar-refractivity contribution in [3.05, 3.63) is 17.2 Å². The third kappa shape index (κ3) is 7.11. The van der Waals surface area contributed by atoms with Gasteiger partial charge in [0.2, 0.25) is 6.29 Å². The average molecular weight is 704 g/mol. The maximum atomic E-state index is 13.0. The maximum absolute atomic E-state index is 13.0. The number of ether oxygens (including phenoxy) is 4. The highest BCUT2D eigenvalue weighted by Crippen LogP contribution is 2.66. The molecule has 5 rings (SSSR count). The van der Waals surface area contributed by atoms with Crippen LogP contribution in [0.25, 0.3) is 11.2 Å². The fraction of sp³-hybridized carbons (Fsp3) is 0.375. The van der Waals surface area contributed by atoms with E-state index in [0.717, 1.165) is 6.20 Å². The van der Waals surface area contributed by atoms with E-state index in [4.69, 9.17) is 46.5 Å². The smallest absolute Gasteiger partial charge is 0.423 e. The van der Waals surface area contributed by atoms with Gasteiger partial charge >= 0.3 is 23.5 Å². The number of phosphoric acid groups is 3. The summed E-state index contributed by atoms with van der Waals surface area (Å²) in [5, 5.41) is 8.38. The van der Waals surface area contributed by atoms with Gasteiger partial charge in [0.15, 0.2) is 28.4 Å². The molecule has 5 heterocycles. The zero-order valence-electron chi connectivity index (χ0n) is 21.1. The number of amides is 1. The van der Waals surface area contributed by atoms with Crippen molar-refractivity contribution in [3.8, 4) is 5.75 Å². The van der Waals surface area contributed by atoms with E-state index in [2.05, 4.69) is 43.8 Å². The number of fused-ring (bicyclic) bond motifs is 2. The minimum absolute atomic E-state index is 0.0301. The van der Waals surface area contributed by atoms with Gasteiger partial charge in [0.25, 0.3) is 12.4 Å². The van der Waals surface area contributed by atoms with Crippen molar-refractivity contribution in [2.45, 2.75) is 30.8 Å². The second kappa shape index (κ2) is 12.1. The molecule has 2 aliphatic rings. The van der Waals surface area contributed by atoms with E-state index in [1.807, 2.05) is 0 Å². The molecule has 44 heavy (non-hydrogen) atoms. The van der Waals surface area contributed by atoms with Gasteiger partial charge in [-0.2, -0.15) is 13.7 Å². The van der Waals surface area contributed by atoms with Crippen LogP contribution in [-0.2, 0) is 50.6 Å². The second-order valence-electron chi connectivity index (χ2n) is 8.57.